The van der Waals surface area contributed by atoms with Crippen molar-refractivity contribution in [3.05, 3.63) is 70.2 Å². The largest absolute Gasteiger partial charge is 0.495 e. The van der Waals surface area contributed by atoms with Crippen LogP contribution >= 0.6 is 23.1 Å². The maximum Gasteiger partial charge on any atom is 0.230 e. The van der Waals surface area contributed by atoms with Crippen molar-refractivity contribution in [2.24, 2.45) is 0 Å². The molecule has 1 aromatic heterocycles. The Morgan fingerprint density at radius 1 is 1.15 bits per heavy atom. The van der Waals surface area contributed by atoms with Gasteiger partial charge in [-0.3, -0.25) is 4.79 Å². The lowest BCUT2D eigenvalue weighted by molar-refractivity contribution is -0.115. The monoisotopic (exact) mass is 398 g/mol. The normalized spacial score (nSPS) is 10.6. The number of methoxy groups -OCH3 is 1. The highest BCUT2D eigenvalue weighted by Crippen LogP contribution is 2.28. The molecule has 2 aromatic carbocycles. The van der Waals surface area contributed by atoms with Crippen molar-refractivity contribution in [1.82, 2.24) is 4.98 Å². The summed E-state index contributed by atoms with van der Waals surface area (Å²) < 4.78 is 6.31. The lowest BCUT2D eigenvalue weighted by Gasteiger charge is -2.10. The van der Waals surface area contributed by atoms with Crippen LogP contribution < -0.4 is 10.1 Å². The highest BCUT2D eigenvalue weighted by atomic mass is 32.2. The lowest BCUT2D eigenvalue weighted by atomic mass is 10.2. The van der Waals surface area contributed by atoms with Gasteiger partial charge in [-0.15, -0.1) is 11.3 Å². The number of hydrogen-bond acceptors (Lipinski definition) is 5. The van der Waals surface area contributed by atoms with Crippen LogP contribution in [-0.4, -0.2) is 18.0 Å². The van der Waals surface area contributed by atoms with E-state index in [-0.39, 0.29) is 12.3 Å². The third-order valence-electron chi connectivity index (χ3n) is 3.99. The molecule has 3 aromatic rings. The molecule has 0 aliphatic heterocycles. The minimum Gasteiger partial charge on any atom is -0.495 e. The number of benzene rings is 2. The van der Waals surface area contributed by atoms with Crippen molar-refractivity contribution in [3.63, 3.8) is 0 Å². The van der Waals surface area contributed by atoms with Crippen LogP contribution in [-0.2, 0) is 17.0 Å². The fraction of sp³-hybridized carbons (Fsp3) is 0.238. The van der Waals surface area contributed by atoms with E-state index in [2.05, 4.69) is 41.5 Å². The molecule has 1 amide bonds. The molecule has 0 aliphatic carbocycles. The Morgan fingerprint density at radius 3 is 2.63 bits per heavy atom. The number of carbonyl (C=O) groups is 1. The second-order valence-electron chi connectivity index (χ2n) is 6.31. The van der Waals surface area contributed by atoms with Crippen LogP contribution in [0.1, 0.15) is 22.4 Å². The Labute approximate surface area is 168 Å². The van der Waals surface area contributed by atoms with Gasteiger partial charge in [-0.1, -0.05) is 47.7 Å². The molecule has 27 heavy (non-hydrogen) atoms. The Hall–Kier alpha value is -2.31. The minimum absolute atomic E-state index is 0.0995. The SMILES string of the molecule is COc1cc(C)ccc1NC(=O)Cc1csc(SCc2ccc(C)cc2)n1. The van der Waals surface area contributed by atoms with Crippen molar-refractivity contribution < 1.29 is 9.53 Å². The van der Waals surface area contributed by atoms with Crippen molar-refractivity contribution in [3.8, 4) is 5.75 Å². The van der Waals surface area contributed by atoms with Crippen LogP contribution in [0.4, 0.5) is 5.69 Å². The van der Waals surface area contributed by atoms with Gasteiger partial charge in [0.15, 0.2) is 0 Å². The number of thiazole rings is 1. The standard InChI is InChI=1S/C21H22N2O2S2/c1-14-4-7-16(8-5-14)12-26-21-22-17(13-27-21)11-20(24)23-18-9-6-15(2)10-19(18)25-3/h4-10,13H,11-12H2,1-3H3,(H,23,24). The maximum absolute atomic E-state index is 12.3. The maximum atomic E-state index is 12.3. The van der Waals surface area contributed by atoms with Gasteiger partial charge < -0.3 is 10.1 Å². The molecule has 0 radical (unpaired) electrons. The van der Waals surface area contributed by atoms with E-state index in [1.807, 2.05) is 30.5 Å². The zero-order valence-electron chi connectivity index (χ0n) is 15.6. The zero-order chi connectivity index (χ0) is 19.2. The van der Waals surface area contributed by atoms with Crippen LogP contribution in [0.3, 0.4) is 0 Å². The average molecular weight is 399 g/mol. The Morgan fingerprint density at radius 2 is 1.89 bits per heavy atom. The first-order valence-electron chi connectivity index (χ1n) is 8.61. The summed E-state index contributed by atoms with van der Waals surface area (Å²) in [7, 11) is 1.60. The predicted molar refractivity (Wildman–Crippen MR) is 113 cm³/mol. The van der Waals surface area contributed by atoms with E-state index in [1.54, 1.807) is 30.2 Å². The smallest absolute Gasteiger partial charge is 0.230 e. The van der Waals surface area contributed by atoms with Crippen LogP contribution in [0.25, 0.3) is 0 Å². The third-order valence-corrected chi connectivity index (χ3v) is 6.13. The molecule has 0 saturated heterocycles. The molecule has 0 aliphatic rings. The summed E-state index contributed by atoms with van der Waals surface area (Å²) in [4.78, 5) is 16.9. The summed E-state index contributed by atoms with van der Waals surface area (Å²) in [6.07, 6.45) is 0.249. The molecule has 3 rings (SSSR count). The van der Waals surface area contributed by atoms with Crippen LogP contribution in [0, 0.1) is 13.8 Å². The minimum atomic E-state index is -0.0995. The topological polar surface area (TPSA) is 51.2 Å². The van der Waals surface area contributed by atoms with Gasteiger partial charge >= 0.3 is 0 Å². The van der Waals surface area contributed by atoms with Gasteiger partial charge in [-0.25, -0.2) is 4.98 Å². The second kappa shape index (κ2) is 9.06. The molecule has 0 fully saturated rings. The Bertz CT molecular complexity index is 920. The van der Waals surface area contributed by atoms with Crippen LogP contribution in [0.5, 0.6) is 5.75 Å². The number of ether oxygens (including phenoxy) is 1. The zero-order valence-corrected chi connectivity index (χ0v) is 17.2. The third kappa shape index (κ3) is 5.58. The molecule has 4 nitrogen and oxygen atoms in total. The van der Waals surface area contributed by atoms with E-state index in [1.165, 1.54) is 11.1 Å². The molecule has 0 bridgehead atoms. The van der Waals surface area contributed by atoms with Gasteiger partial charge in [-0.05, 0) is 37.1 Å². The van der Waals surface area contributed by atoms with E-state index < -0.39 is 0 Å². The van der Waals surface area contributed by atoms with E-state index in [9.17, 15) is 4.79 Å². The molecule has 0 unspecified atom stereocenters. The number of aryl methyl sites for hydroxylation is 2. The van der Waals surface area contributed by atoms with Gasteiger partial charge in [-0.2, -0.15) is 0 Å². The highest BCUT2D eigenvalue weighted by molar-refractivity contribution is 8.00. The highest BCUT2D eigenvalue weighted by Gasteiger charge is 2.11. The molecule has 1 N–H and O–H groups in total. The van der Waals surface area contributed by atoms with Crippen molar-refractivity contribution in [2.75, 3.05) is 12.4 Å². The fourth-order valence-electron chi connectivity index (χ4n) is 2.53. The number of nitrogens with one attached hydrogen (secondary N) is 1. The fourth-order valence-corrected chi connectivity index (χ4v) is 4.33. The van der Waals surface area contributed by atoms with E-state index in [0.29, 0.717) is 11.4 Å². The number of carbonyl (C=O) groups excluding carboxylic acids is 1. The Balaban J connectivity index is 1.55. The average Bonchev–Trinajstić information content (AvgIpc) is 3.10. The summed E-state index contributed by atoms with van der Waals surface area (Å²) in [5.41, 5.74) is 5.08. The molecule has 140 valence electrons. The lowest BCUT2D eigenvalue weighted by Crippen LogP contribution is -2.15. The molecular weight excluding hydrogens is 376 g/mol. The van der Waals surface area contributed by atoms with Gasteiger partial charge in [0.2, 0.25) is 5.91 Å². The predicted octanol–water partition coefficient (Wildman–Crippen LogP) is 5.24. The number of hydrogen-bond donors (Lipinski definition) is 1. The number of thioether (sulfide) groups is 1. The second-order valence-corrected chi connectivity index (χ2v) is 8.39. The first-order chi connectivity index (χ1) is 13.0. The van der Waals surface area contributed by atoms with Gasteiger partial charge in [0.05, 0.1) is 24.9 Å². The summed E-state index contributed by atoms with van der Waals surface area (Å²) >= 11 is 3.27. The molecule has 6 heteroatoms. The molecule has 0 spiro atoms. The van der Waals surface area contributed by atoms with Gasteiger partial charge in [0.1, 0.15) is 10.1 Å². The summed E-state index contributed by atoms with van der Waals surface area (Å²) in [5.74, 6) is 1.44. The van der Waals surface area contributed by atoms with Crippen molar-refractivity contribution in [2.45, 2.75) is 30.4 Å². The number of aromatic nitrogens is 1. The van der Waals surface area contributed by atoms with E-state index in [0.717, 1.165) is 21.3 Å². The quantitative estimate of drug-likeness (QED) is 0.553. The number of anilines is 1. The van der Waals surface area contributed by atoms with E-state index in [4.69, 9.17) is 4.74 Å². The van der Waals surface area contributed by atoms with Gasteiger partial charge in [0, 0.05) is 11.1 Å². The summed E-state index contributed by atoms with van der Waals surface area (Å²) in [6, 6.07) is 14.2. The Kier molecular flexibility index (Phi) is 6.53. The first-order valence-corrected chi connectivity index (χ1v) is 10.5. The van der Waals surface area contributed by atoms with Crippen molar-refractivity contribution in [1.29, 1.82) is 0 Å². The van der Waals surface area contributed by atoms with Crippen molar-refractivity contribution >= 4 is 34.7 Å². The number of rotatable bonds is 7. The molecule has 0 atom stereocenters. The molecular formula is C21H22N2O2S2. The molecule has 1 heterocycles. The van der Waals surface area contributed by atoms with Crippen LogP contribution in [0.2, 0.25) is 0 Å². The summed E-state index contributed by atoms with van der Waals surface area (Å²) in [6.45, 7) is 4.07. The molecule has 0 saturated carbocycles. The summed E-state index contributed by atoms with van der Waals surface area (Å²) in [5, 5.41) is 4.85. The number of nitrogens with zero attached hydrogens (tertiary/aromatic N) is 1. The van der Waals surface area contributed by atoms with Gasteiger partial charge in [0.25, 0.3) is 0 Å². The first kappa shape index (κ1) is 19.5. The number of amides is 1. The van der Waals surface area contributed by atoms with Crippen LogP contribution in [0.15, 0.2) is 52.2 Å². The van der Waals surface area contributed by atoms with E-state index >= 15 is 0 Å².